The van der Waals surface area contributed by atoms with Crippen LogP contribution in [0.2, 0.25) is 0 Å². The van der Waals surface area contributed by atoms with Crippen molar-refractivity contribution in [3.8, 4) is 0 Å². The van der Waals surface area contributed by atoms with Crippen molar-refractivity contribution in [3.63, 3.8) is 0 Å². The molecule has 0 bridgehead atoms. The average molecular weight is 200 g/mol. The van der Waals surface area contributed by atoms with Gasteiger partial charge in [-0.2, -0.15) is 0 Å². The third-order valence-corrected chi connectivity index (χ3v) is 3.53. The van der Waals surface area contributed by atoms with Gasteiger partial charge in [-0.3, -0.25) is 4.79 Å². The second-order valence-corrected chi connectivity index (χ2v) is 4.76. The fourth-order valence-electron chi connectivity index (χ4n) is 2.36. The lowest BCUT2D eigenvalue weighted by Gasteiger charge is -2.22. The summed E-state index contributed by atoms with van der Waals surface area (Å²) >= 11 is 0. The van der Waals surface area contributed by atoms with Crippen molar-refractivity contribution in [2.75, 3.05) is 13.2 Å². The molecule has 0 spiro atoms. The van der Waals surface area contributed by atoms with Gasteiger partial charge in [0.15, 0.2) is 0 Å². The summed E-state index contributed by atoms with van der Waals surface area (Å²) in [6, 6.07) is 0. The number of rotatable bonds is 4. The van der Waals surface area contributed by atoms with Gasteiger partial charge in [0.25, 0.3) is 0 Å². The van der Waals surface area contributed by atoms with Crippen LogP contribution in [0.15, 0.2) is 0 Å². The van der Waals surface area contributed by atoms with E-state index in [1.807, 2.05) is 13.8 Å². The lowest BCUT2D eigenvalue weighted by atomic mass is 9.81. The van der Waals surface area contributed by atoms with E-state index in [1.54, 1.807) is 0 Å². The van der Waals surface area contributed by atoms with Gasteiger partial charge in [0.2, 0.25) is 0 Å². The molecule has 1 fully saturated rings. The van der Waals surface area contributed by atoms with E-state index in [9.17, 15) is 4.79 Å². The molecule has 0 aromatic carbocycles. The van der Waals surface area contributed by atoms with Gasteiger partial charge < -0.3 is 10.2 Å². The minimum absolute atomic E-state index is 0.0503. The molecule has 0 saturated heterocycles. The zero-order valence-electron chi connectivity index (χ0n) is 8.99. The number of hydrogen-bond acceptors (Lipinski definition) is 3. The molecule has 14 heavy (non-hydrogen) atoms. The molecule has 3 nitrogen and oxygen atoms in total. The predicted octanol–water partition coefficient (Wildman–Crippen LogP) is 0.983. The molecule has 2 unspecified atom stereocenters. The van der Waals surface area contributed by atoms with E-state index in [-0.39, 0.29) is 36.2 Å². The van der Waals surface area contributed by atoms with Gasteiger partial charge in [-0.25, -0.2) is 0 Å². The van der Waals surface area contributed by atoms with Crippen LogP contribution in [0, 0.1) is 17.3 Å². The van der Waals surface area contributed by atoms with Gasteiger partial charge >= 0.3 is 0 Å². The molecule has 1 saturated carbocycles. The summed E-state index contributed by atoms with van der Waals surface area (Å²) in [4.78, 5) is 11.9. The molecule has 0 aromatic heterocycles. The molecule has 0 radical (unpaired) electrons. The first-order chi connectivity index (χ1) is 6.54. The zero-order valence-corrected chi connectivity index (χ0v) is 8.99. The van der Waals surface area contributed by atoms with E-state index in [2.05, 4.69) is 0 Å². The zero-order chi connectivity index (χ0) is 10.8. The van der Waals surface area contributed by atoms with Gasteiger partial charge in [-0.15, -0.1) is 0 Å². The second-order valence-electron chi connectivity index (χ2n) is 4.76. The highest BCUT2D eigenvalue weighted by atomic mass is 16.3. The molecule has 0 heterocycles. The lowest BCUT2D eigenvalue weighted by Crippen LogP contribution is -2.28. The van der Waals surface area contributed by atoms with Crippen molar-refractivity contribution < 1.29 is 15.0 Å². The van der Waals surface area contributed by atoms with Crippen molar-refractivity contribution in [2.45, 2.75) is 33.1 Å². The summed E-state index contributed by atoms with van der Waals surface area (Å²) in [7, 11) is 0. The van der Waals surface area contributed by atoms with Crippen molar-refractivity contribution >= 4 is 5.78 Å². The van der Waals surface area contributed by atoms with Crippen LogP contribution < -0.4 is 0 Å². The Kier molecular flexibility index (Phi) is 3.67. The summed E-state index contributed by atoms with van der Waals surface area (Å²) in [5, 5.41) is 17.9. The Morgan fingerprint density at radius 1 is 1.43 bits per heavy atom. The van der Waals surface area contributed by atoms with Gasteiger partial charge in [0.05, 0.1) is 0 Å². The van der Waals surface area contributed by atoms with E-state index < -0.39 is 0 Å². The topological polar surface area (TPSA) is 57.5 Å². The third-order valence-electron chi connectivity index (χ3n) is 3.53. The summed E-state index contributed by atoms with van der Waals surface area (Å²) in [6.45, 7) is 4.06. The standard InChI is InChI=1S/C11H20O3/c1-11(2)9(7-13)6-8(10(11)14)4-3-5-12/h8-9,12-13H,3-7H2,1-2H3. The highest BCUT2D eigenvalue weighted by molar-refractivity contribution is 5.88. The smallest absolute Gasteiger partial charge is 0.141 e. The van der Waals surface area contributed by atoms with E-state index in [0.29, 0.717) is 6.42 Å². The van der Waals surface area contributed by atoms with Gasteiger partial charge in [0, 0.05) is 24.5 Å². The largest absolute Gasteiger partial charge is 0.396 e. The molecular formula is C11H20O3. The molecule has 3 heteroatoms. The van der Waals surface area contributed by atoms with Crippen LogP contribution in [0.5, 0.6) is 0 Å². The summed E-state index contributed by atoms with van der Waals surface area (Å²) in [5.41, 5.74) is -0.380. The first kappa shape index (κ1) is 11.7. The highest BCUT2D eigenvalue weighted by Crippen LogP contribution is 2.44. The number of Topliss-reactive ketones (excluding diaryl/α,β-unsaturated/α-hetero) is 1. The molecular weight excluding hydrogens is 180 g/mol. The second kappa shape index (κ2) is 4.41. The summed E-state index contributed by atoms with van der Waals surface area (Å²) in [5.74, 6) is 0.401. The minimum Gasteiger partial charge on any atom is -0.396 e. The van der Waals surface area contributed by atoms with Gasteiger partial charge in [-0.05, 0) is 25.2 Å². The van der Waals surface area contributed by atoms with Crippen molar-refractivity contribution in [1.82, 2.24) is 0 Å². The Morgan fingerprint density at radius 2 is 2.07 bits per heavy atom. The average Bonchev–Trinajstić information content (AvgIpc) is 2.37. The van der Waals surface area contributed by atoms with E-state index in [4.69, 9.17) is 10.2 Å². The number of ketones is 1. The number of carbonyl (C=O) groups is 1. The van der Waals surface area contributed by atoms with E-state index in [0.717, 1.165) is 12.8 Å². The molecule has 0 aromatic rings. The Bertz CT molecular complexity index is 211. The SMILES string of the molecule is CC1(C)C(=O)C(CCCO)CC1CO. The van der Waals surface area contributed by atoms with Crippen molar-refractivity contribution in [3.05, 3.63) is 0 Å². The van der Waals surface area contributed by atoms with Crippen LogP contribution in [0.25, 0.3) is 0 Å². The molecule has 0 aliphatic heterocycles. The van der Waals surface area contributed by atoms with Crippen molar-refractivity contribution in [1.29, 1.82) is 0 Å². The molecule has 2 atom stereocenters. The monoisotopic (exact) mass is 200 g/mol. The Morgan fingerprint density at radius 3 is 2.50 bits per heavy atom. The maximum absolute atomic E-state index is 11.9. The number of carbonyl (C=O) groups excluding carboxylic acids is 1. The van der Waals surface area contributed by atoms with Gasteiger partial charge in [-0.1, -0.05) is 13.8 Å². The first-order valence-electron chi connectivity index (χ1n) is 5.30. The quantitative estimate of drug-likeness (QED) is 0.711. The minimum atomic E-state index is -0.380. The van der Waals surface area contributed by atoms with Gasteiger partial charge in [0.1, 0.15) is 5.78 Å². The fourth-order valence-corrected chi connectivity index (χ4v) is 2.36. The maximum atomic E-state index is 11.9. The molecule has 0 amide bonds. The normalized spacial score (nSPS) is 31.0. The third kappa shape index (κ3) is 1.98. The van der Waals surface area contributed by atoms with E-state index in [1.165, 1.54) is 0 Å². The Labute approximate surface area is 85.1 Å². The van der Waals surface area contributed by atoms with Crippen molar-refractivity contribution in [2.24, 2.45) is 17.3 Å². The molecule has 2 N–H and O–H groups in total. The molecule has 1 aliphatic rings. The molecule has 82 valence electrons. The van der Waals surface area contributed by atoms with Crippen LogP contribution in [0.1, 0.15) is 33.1 Å². The van der Waals surface area contributed by atoms with Crippen LogP contribution >= 0.6 is 0 Å². The Hall–Kier alpha value is -0.410. The Balaban J connectivity index is 2.62. The first-order valence-corrected chi connectivity index (χ1v) is 5.30. The predicted molar refractivity (Wildman–Crippen MR) is 53.8 cm³/mol. The molecule has 1 rings (SSSR count). The maximum Gasteiger partial charge on any atom is 0.141 e. The summed E-state index contributed by atoms with van der Waals surface area (Å²) in [6.07, 6.45) is 2.22. The number of hydrogen-bond donors (Lipinski definition) is 2. The fraction of sp³-hybridized carbons (Fsp3) is 0.909. The number of aliphatic hydroxyl groups excluding tert-OH is 2. The summed E-state index contributed by atoms with van der Waals surface area (Å²) < 4.78 is 0. The highest BCUT2D eigenvalue weighted by Gasteiger charge is 2.47. The lowest BCUT2D eigenvalue weighted by molar-refractivity contribution is -0.129. The van der Waals surface area contributed by atoms with E-state index >= 15 is 0 Å². The number of aliphatic hydroxyl groups is 2. The molecule has 1 aliphatic carbocycles. The van der Waals surface area contributed by atoms with Crippen LogP contribution in [-0.2, 0) is 4.79 Å². The van der Waals surface area contributed by atoms with Crippen LogP contribution in [0.4, 0.5) is 0 Å². The van der Waals surface area contributed by atoms with Crippen LogP contribution in [-0.4, -0.2) is 29.2 Å². The van der Waals surface area contributed by atoms with Crippen LogP contribution in [0.3, 0.4) is 0 Å².